The molecular formula is C13H18. The molecule has 0 saturated carbocycles. The summed E-state index contributed by atoms with van der Waals surface area (Å²) in [7, 11) is 0. The van der Waals surface area contributed by atoms with Gasteiger partial charge in [-0.2, -0.15) is 0 Å². The second-order valence-corrected chi connectivity index (χ2v) is 2.03. The average Bonchev–Trinajstić information content (AvgIpc) is 2.22. The van der Waals surface area contributed by atoms with Gasteiger partial charge in [0, 0.05) is 0 Å². The number of allylic oxidation sites excluding steroid dienone is 3. The van der Waals surface area contributed by atoms with Crippen LogP contribution in [0.25, 0.3) is 0 Å². The Morgan fingerprint density at radius 1 is 0.692 bits per heavy atom. The lowest BCUT2D eigenvalue weighted by Crippen LogP contribution is -1.47. The molecule has 0 amide bonds. The van der Waals surface area contributed by atoms with Crippen molar-refractivity contribution in [1.82, 2.24) is 0 Å². The number of rotatable bonds is 1. The molecule has 0 N–H and O–H groups in total. The van der Waals surface area contributed by atoms with E-state index in [0.717, 1.165) is 0 Å². The predicted octanol–water partition coefficient (Wildman–Crippen LogP) is 4.24. The molecule has 1 aromatic carbocycles. The lowest BCUT2D eigenvalue weighted by atomic mass is 10.4. The van der Waals surface area contributed by atoms with E-state index in [1.165, 1.54) is 0 Å². The molecule has 0 aliphatic heterocycles. The maximum atomic E-state index is 3.36. The van der Waals surface area contributed by atoms with Crippen molar-refractivity contribution in [2.45, 2.75) is 6.92 Å². The fourth-order valence-corrected chi connectivity index (χ4v) is 0.385. The van der Waals surface area contributed by atoms with Crippen molar-refractivity contribution >= 4 is 0 Å². The van der Waals surface area contributed by atoms with Gasteiger partial charge in [-0.15, -0.1) is 6.58 Å². The third kappa shape index (κ3) is 25.1. The van der Waals surface area contributed by atoms with Crippen LogP contribution in [0.3, 0.4) is 0 Å². The summed E-state index contributed by atoms with van der Waals surface area (Å²) in [5.41, 5.74) is 0. The number of hydrogen-bond donors (Lipinski definition) is 0. The highest BCUT2D eigenvalue weighted by Crippen LogP contribution is 1.79. The van der Waals surface area contributed by atoms with Gasteiger partial charge in [0.15, 0.2) is 0 Å². The summed E-state index contributed by atoms with van der Waals surface area (Å²) >= 11 is 0. The summed E-state index contributed by atoms with van der Waals surface area (Å²) in [5.74, 6) is 0. The minimum atomic E-state index is 1.64. The summed E-state index contributed by atoms with van der Waals surface area (Å²) in [5, 5.41) is 0. The molecule has 0 nitrogen and oxygen atoms in total. The van der Waals surface area contributed by atoms with Crippen molar-refractivity contribution in [2.24, 2.45) is 0 Å². The summed E-state index contributed by atoms with van der Waals surface area (Å²) in [6.45, 7) is 12.0. The second-order valence-electron chi connectivity index (χ2n) is 2.03. The van der Waals surface area contributed by atoms with Crippen LogP contribution in [0.1, 0.15) is 6.92 Å². The SMILES string of the molecule is C=CC.C=CC=C.c1ccccc1. The summed E-state index contributed by atoms with van der Waals surface area (Å²) in [4.78, 5) is 0. The van der Waals surface area contributed by atoms with Crippen molar-refractivity contribution in [1.29, 1.82) is 0 Å². The normalized spacial score (nSPS) is 6.23. The zero-order chi connectivity index (χ0) is 10.4. The fraction of sp³-hybridized carbons (Fsp3) is 0.0769. The van der Waals surface area contributed by atoms with Gasteiger partial charge in [0.05, 0.1) is 0 Å². The van der Waals surface area contributed by atoms with E-state index in [-0.39, 0.29) is 0 Å². The van der Waals surface area contributed by atoms with Crippen LogP contribution in [0.15, 0.2) is 74.4 Å². The van der Waals surface area contributed by atoms with Crippen molar-refractivity contribution in [2.75, 3.05) is 0 Å². The van der Waals surface area contributed by atoms with Crippen LogP contribution in [-0.4, -0.2) is 0 Å². The molecule has 0 heterocycles. The van der Waals surface area contributed by atoms with Crippen LogP contribution >= 0.6 is 0 Å². The topological polar surface area (TPSA) is 0 Å². The van der Waals surface area contributed by atoms with Gasteiger partial charge in [0.1, 0.15) is 0 Å². The standard InChI is InChI=1S/C6H6.C4H6.C3H6/c1-2-4-6-5-3-1;1-3-4-2;1-3-2/h1-6H;3-4H,1-2H2;3H,1H2,2H3. The Hall–Kier alpha value is -1.56. The first-order valence-electron chi connectivity index (χ1n) is 4.14. The highest BCUT2D eigenvalue weighted by molar-refractivity contribution is 4.99. The van der Waals surface area contributed by atoms with Crippen LogP contribution in [0.5, 0.6) is 0 Å². The minimum Gasteiger partial charge on any atom is -0.103 e. The molecule has 0 bridgehead atoms. The van der Waals surface area contributed by atoms with Crippen molar-refractivity contribution in [3.63, 3.8) is 0 Å². The Kier molecular flexibility index (Phi) is 18.1. The highest BCUT2D eigenvalue weighted by Gasteiger charge is 1.57. The molecule has 13 heavy (non-hydrogen) atoms. The molecule has 70 valence electrons. The fourth-order valence-electron chi connectivity index (χ4n) is 0.385. The summed E-state index contributed by atoms with van der Waals surface area (Å²) in [6, 6.07) is 12.0. The molecule has 1 rings (SSSR count). The molecule has 0 atom stereocenters. The Balaban J connectivity index is 0. The maximum absolute atomic E-state index is 3.36. The van der Waals surface area contributed by atoms with Crippen LogP contribution < -0.4 is 0 Å². The van der Waals surface area contributed by atoms with E-state index in [9.17, 15) is 0 Å². The molecule has 0 unspecified atom stereocenters. The van der Waals surface area contributed by atoms with Gasteiger partial charge in [0.2, 0.25) is 0 Å². The van der Waals surface area contributed by atoms with Gasteiger partial charge >= 0.3 is 0 Å². The molecule has 0 fully saturated rings. The summed E-state index contributed by atoms with van der Waals surface area (Å²) < 4.78 is 0. The minimum absolute atomic E-state index is 1.64. The monoisotopic (exact) mass is 174 g/mol. The molecule has 1 aromatic rings. The van der Waals surface area contributed by atoms with Gasteiger partial charge in [-0.3, -0.25) is 0 Å². The van der Waals surface area contributed by atoms with E-state index in [0.29, 0.717) is 0 Å². The lowest BCUT2D eigenvalue weighted by molar-refractivity contribution is 1.72. The second kappa shape index (κ2) is 16.8. The number of benzene rings is 1. The van der Waals surface area contributed by atoms with E-state index in [2.05, 4.69) is 19.7 Å². The van der Waals surface area contributed by atoms with Crippen LogP contribution in [0.4, 0.5) is 0 Å². The molecule has 0 spiro atoms. The average molecular weight is 174 g/mol. The van der Waals surface area contributed by atoms with Crippen LogP contribution in [0, 0.1) is 0 Å². The number of hydrogen-bond acceptors (Lipinski definition) is 0. The highest BCUT2D eigenvalue weighted by atomic mass is 13.6. The third-order valence-electron chi connectivity index (χ3n) is 0.833. The zero-order valence-corrected chi connectivity index (χ0v) is 8.32. The van der Waals surface area contributed by atoms with Crippen molar-refractivity contribution < 1.29 is 0 Å². The first kappa shape index (κ1) is 14.0. The largest absolute Gasteiger partial charge is 0.103 e. The summed E-state index contributed by atoms with van der Waals surface area (Å²) in [6.07, 6.45) is 5.03. The van der Waals surface area contributed by atoms with E-state index >= 15 is 0 Å². The van der Waals surface area contributed by atoms with Gasteiger partial charge < -0.3 is 0 Å². The smallest absolute Gasteiger partial charge is 0.0473 e. The van der Waals surface area contributed by atoms with Crippen LogP contribution in [0.2, 0.25) is 0 Å². The van der Waals surface area contributed by atoms with Gasteiger partial charge in [-0.05, 0) is 6.92 Å². The van der Waals surface area contributed by atoms with Crippen LogP contribution in [-0.2, 0) is 0 Å². The molecule has 0 aromatic heterocycles. The lowest BCUT2D eigenvalue weighted by Gasteiger charge is -1.69. The Bertz CT molecular complexity index is 164. The van der Waals surface area contributed by atoms with Gasteiger partial charge in [-0.1, -0.05) is 67.8 Å². The Morgan fingerprint density at radius 3 is 0.923 bits per heavy atom. The first-order chi connectivity index (χ1) is 6.33. The maximum Gasteiger partial charge on any atom is -0.0473 e. The van der Waals surface area contributed by atoms with E-state index in [4.69, 9.17) is 0 Å². The molecular weight excluding hydrogens is 156 g/mol. The van der Waals surface area contributed by atoms with Crippen molar-refractivity contribution in [3.05, 3.63) is 74.4 Å². The van der Waals surface area contributed by atoms with Gasteiger partial charge in [0.25, 0.3) is 0 Å². The Morgan fingerprint density at radius 2 is 0.846 bits per heavy atom. The predicted molar refractivity (Wildman–Crippen MR) is 62.7 cm³/mol. The van der Waals surface area contributed by atoms with E-state index in [1.807, 2.05) is 43.3 Å². The first-order valence-corrected chi connectivity index (χ1v) is 4.14. The quantitative estimate of drug-likeness (QED) is 0.441. The third-order valence-corrected chi connectivity index (χ3v) is 0.833. The molecule has 0 aliphatic rings. The molecule has 0 saturated heterocycles. The van der Waals surface area contributed by atoms with E-state index in [1.54, 1.807) is 18.2 Å². The molecule has 0 aliphatic carbocycles. The van der Waals surface area contributed by atoms with Crippen molar-refractivity contribution in [3.8, 4) is 0 Å². The molecule has 0 radical (unpaired) electrons. The van der Waals surface area contributed by atoms with Gasteiger partial charge in [-0.25, -0.2) is 0 Å². The molecule has 0 heteroatoms. The van der Waals surface area contributed by atoms with E-state index < -0.39 is 0 Å². The zero-order valence-electron chi connectivity index (χ0n) is 8.32. The Labute approximate surface area is 81.9 Å².